The Balaban J connectivity index is 2.48. The molecule has 0 heterocycles. The summed E-state index contributed by atoms with van der Waals surface area (Å²) < 4.78 is 27.9. The molecule has 0 unspecified atom stereocenters. The van der Waals surface area contributed by atoms with Gasteiger partial charge in [0.2, 0.25) is 5.91 Å². The molecular weight excluding hydrogens is 268 g/mol. The Morgan fingerprint density at radius 2 is 1.89 bits per heavy atom. The van der Waals surface area contributed by atoms with Crippen LogP contribution in [0.3, 0.4) is 0 Å². The molecule has 0 aliphatic rings. The van der Waals surface area contributed by atoms with E-state index in [9.17, 15) is 13.2 Å². The van der Waals surface area contributed by atoms with Crippen LogP contribution in [0.5, 0.6) is 5.75 Å². The number of primary amides is 1. The Morgan fingerprint density at radius 1 is 1.32 bits per heavy atom. The average Bonchev–Trinajstić information content (AvgIpc) is 2.33. The number of hydrogen-bond acceptors (Lipinski definition) is 5. The minimum atomic E-state index is -3.20. The first-order valence-corrected chi connectivity index (χ1v) is 7.65. The zero-order valence-electron chi connectivity index (χ0n) is 10.7. The quantitative estimate of drug-likeness (QED) is 0.736. The van der Waals surface area contributed by atoms with Crippen molar-refractivity contribution in [2.45, 2.75) is 23.8 Å². The molecule has 1 aromatic carbocycles. The molecule has 19 heavy (non-hydrogen) atoms. The molecule has 1 aromatic rings. The Bertz CT molecular complexity index is 525. The van der Waals surface area contributed by atoms with E-state index in [1.54, 1.807) is 12.1 Å². The Labute approximate surface area is 112 Å². The van der Waals surface area contributed by atoms with Gasteiger partial charge in [-0.05, 0) is 30.7 Å². The summed E-state index contributed by atoms with van der Waals surface area (Å²) in [6, 6.07) is 5.79. The van der Waals surface area contributed by atoms with E-state index >= 15 is 0 Å². The topological polar surface area (TPSA) is 112 Å². The van der Waals surface area contributed by atoms with Crippen LogP contribution >= 0.6 is 0 Å². The van der Waals surface area contributed by atoms with Crippen molar-refractivity contribution in [2.24, 2.45) is 11.5 Å². The van der Waals surface area contributed by atoms with Gasteiger partial charge in [-0.2, -0.15) is 0 Å². The largest absolute Gasteiger partial charge is 0.492 e. The van der Waals surface area contributed by atoms with Crippen molar-refractivity contribution >= 4 is 15.7 Å². The van der Waals surface area contributed by atoms with Crippen LogP contribution in [0.15, 0.2) is 29.2 Å². The van der Waals surface area contributed by atoms with Gasteiger partial charge in [-0.3, -0.25) is 4.79 Å². The van der Waals surface area contributed by atoms with Crippen LogP contribution < -0.4 is 16.2 Å². The summed E-state index contributed by atoms with van der Waals surface area (Å²) in [6.07, 6.45) is 1.82. The first-order chi connectivity index (χ1) is 8.79. The lowest BCUT2D eigenvalue weighted by atomic mass is 10.2. The standard InChI is InChI=1S/C12H18N2O4S/c1-19(16,17)11-5-3-10(4-6-11)18-8-9(13)2-7-12(14)15/h3-6,9H,2,7-8,13H2,1H3,(H2,14,15)/t9-/m0/s1. The van der Waals surface area contributed by atoms with E-state index in [2.05, 4.69) is 0 Å². The Kier molecular flexibility index (Phi) is 5.31. The van der Waals surface area contributed by atoms with Crippen LogP contribution in [0, 0.1) is 0 Å². The molecule has 7 heteroatoms. The van der Waals surface area contributed by atoms with Crippen molar-refractivity contribution in [3.63, 3.8) is 0 Å². The second-order valence-corrected chi connectivity index (χ2v) is 6.34. The van der Waals surface area contributed by atoms with Crippen molar-refractivity contribution in [1.82, 2.24) is 0 Å². The average molecular weight is 286 g/mol. The first kappa shape index (κ1) is 15.5. The third-order valence-corrected chi connectivity index (χ3v) is 3.61. The summed E-state index contributed by atoms with van der Waals surface area (Å²) in [5, 5.41) is 0. The normalized spacial score (nSPS) is 12.9. The molecule has 0 bridgehead atoms. The van der Waals surface area contributed by atoms with Gasteiger partial charge in [0, 0.05) is 18.7 Å². The molecule has 0 saturated heterocycles. The summed E-state index contributed by atoms with van der Waals surface area (Å²) in [5.74, 6) is 0.134. The van der Waals surface area contributed by atoms with E-state index < -0.39 is 15.7 Å². The molecule has 0 spiro atoms. The van der Waals surface area contributed by atoms with Crippen LogP contribution in [0.4, 0.5) is 0 Å². The molecule has 106 valence electrons. The SMILES string of the molecule is CS(=O)(=O)c1ccc(OC[C@@H](N)CCC(N)=O)cc1. The molecule has 0 saturated carbocycles. The van der Waals surface area contributed by atoms with Gasteiger partial charge in [-0.1, -0.05) is 0 Å². The van der Waals surface area contributed by atoms with Gasteiger partial charge in [-0.25, -0.2) is 8.42 Å². The monoisotopic (exact) mass is 286 g/mol. The lowest BCUT2D eigenvalue weighted by Crippen LogP contribution is -2.29. The summed E-state index contributed by atoms with van der Waals surface area (Å²) in [5.41, 5.74) is 10.8. The second-order valence-electron chi connectivity index (χ2n) is 4.32. The Morgan fingerprint density at radius 3 is 2.37 bits per heavy atom. The number of rotatable bonds is 7. The molecule has 0 radical (unpaired) electrons. The fourth-order valence-corrected chi connectivity index (χ4v) is 2.03. The second kappa shape index (κ2) is 6.53. The number of carbonyl (C=O) groups is 1. The fraction of sp³-hybridized carbons (Fsp3) is 0.417. The Hall–Kier alpha value is -1.60. The maximum atomic E-state index is 11.3. The zero-order valence-corrected chi connectivity index (χ0v) is 11.5. The number of hydrogen-bond donors (Lipinski definition) is 2. The predicted molar refractivity (Wildman–Crippen MR) is 71.5 cm³/mol. The van der Waals surface area contributed by atoms with Gasteiger partial charge in [0.15, 0.2) is 9.84 Å². The van der Waals surface area contributed by atoms with Crippen LogP contribution in [0.25, 0.3) is 0 Å². The summed E-state index contributed by atoms with van der Waals surface area (Å²) in [7, 11) is -3.20. The minimum absolute atomic E-state index is 0.220. The van der Waals surface area contributed by atoms with E-state index in [0.717, 1.165) is 6.26 Å². The molecule has 1 amide bonds. The molecule has 6 nitrogen and oxygen atoms in total. The third kappa shape index (κ3) is 5.71. The lowest BCUT2D eigenvalue weighted by molar-refractivity contribution is -0.118. The highest BCUT2D eigenvalue weighted by molar-refractivity contribution is 7.90. The summed E-state index contributed by atoms with van der Waals surface area (Å²) in [6.45, 7) is 0.242. The smallest absolute Gasteiger partial charge is 0.217 e. The molecule has 0 aromatic heterocycles. The van der Waals surface area contributed by atoms with Crippen LogP contribution in [-0.4, -0.2) is 33.2 Å². The molecule has 4 N–H and O–H groups in total. The van der Waals surface area contributed by atoms with E-state index in [4.69, 9.17) is 16.2 Å². The van der Waals surface area contributed by atoms with Crippen molar-refractivity contribution in [2.75, 3.05) is 12.9 Å². The van der Waals surface area contributed by atoms with E-state index in [0.29, 0.717) is 12.2 Å². The van der Waals surface area contributed by atoms with Crippen LogP contribution in [0.1, 0.15) is 12.8 Å². The molecule has 1 rings (SSSR count). The van der Waals surface area contributed by atoms with Gasteiger partial charge >= 0.3 is 0 Å². The van der Waals surface area contributed by atoms with Crippen molar-refractivity contribution in [1.29, 1.82) is 0 Å². The lowest BCUT2D eigenvalue weighted by Gasteiger charge is -2.12. The number of carbonyl (C=O) groups excluding carboxylic acids is 1. The first-order valence-electron chi connectivity index (χ1n) is 5.76. The van der Waals surface area contributed by atoms with Gasteiger partial charge in [0.05, 0.1) is 4.90 Å². The maximum Gasteiger partial charge on any atom is 0.217 e. The zero-order chi connectivity index (χ0) is 14.5. The van der Waals surface area contributed by atoms with Crippen molar-refractivity contribution in [3.05, 3.63) is 24.3 Å². The highest BCUT2D eigenvalue weighted by atomic mass is 32.2. The number of nitrogens with two attached hydrogens (primary N) is 2. The van der Waals surface area contributed by atoms with Gasteiger partial charge < -0.3 is 16.2 Å². The molecule has 0 fully saturated rings. The number of ether oxygens (including phenoxy) is 1. The summed E-state index contributed by atoms with van der Waals surface area (Å²) in [4.78, 5) is 10.8. The summed E-state index contributed by atoms with van der Waals surface area (Å²) >= 11 is 0. The van der Waals surface area contributed by atoms with Crippen molar-refractivity contribution < 1.29 is 17.9 Å². The third-order valence-electron chi connectivity index (χ3n) is 2.48. The maximum absolute atomic E-state index is 11.3. The number of benzene rings is 1. The van der Waals surface area contributed by atoms with E-state index in [-0.39, 0.29) is 24.0 Å². The number of sulfone groups is 1. The van der Waals surface area contributed by atoms with Gasteiger partial charge in [0.1, 0.15) is 12.4 Å². The van der Waals surface area contributed by atoms with Crippen LogP contribution in [-0.2, 0) is 14.6 Å². The molecule has 0 aliphatic carbocycles. The molecule has 0 aliphatic heterocycles. The molecular formula is C12H18N2O4S. The highest BCUT2D eigenvalue weighted by Crippen LogP contribution is 2.16. The highest BCUT2D eigenvalue weighted by Gasteiger charge is 2.08. The van der Waals surface area contributed by atoms with Gasteiger partial charge in [0.25, 0.3) is 0 Å². The van der Waals surface area contributed by atoms with Crippen LogP contribution in [0.2, 0.25) is 0 Å². The number of amides is 1. The predicted octanol–water partition coefficient (Wildman–Crippen LogP) is 0.0617. The minimum Gasteiger partial charge on any atom is -0.492 e. The fourth-order valence-electron chi connectivity index (χ4n) is 1.40. The van der Waals surface area contributed by atoms with E-state index in [1.807, 2.05) is 0 Å². The van der Waals surface area contributed by atoms with Gasteiger partial charge in [-0.15, -0.1) is 0 Å². The van der Waals surface area contributed by atoms with E-state index in [1.165, 1.54) is 12.1 Å². The molecule has 1 atom stereocenters. The van der Waals surface area contributed by atoms with Crippen molar-refractivity contribution in [3.8, 4) is 5.75 Å².